The van der Waals surface area contributed by atoms with E-state index in [-0.39, 0.29) is 16.8 Å². The average molecular weight is 439 g/mol. The number of likely N-dealkylation sites (N-methyl/N-ethyl adjacent to an activating group) is 1. The first-order valence-corrected chi connectivity index (χ1v) is 12.1. The van der Waals surface area contributed by atoms with E-state index >= 15 is 0 Å². The highest BCUT2D eigenvalue weighted by Crippen LogP contribution is 2.39. The third-order valence-corrected chi connectivity index (χ3v) is 6.81. The minimum absolute atomic E-state index is 0.131. The molecule has 0 unspecified atom stereocenters. The van der Waals surface area contributed by atoms with E-state index in [4.69, 9.17) is 0 Å². The van der Waals surface area contributed by atoms with Crippen molar-refractivity contribution < 1.29 is 13.2 Å². The molecule has 4 rings (SSSR count). The number of anilines is 2. The van der Waals surface area contributed by atoms with Gasteiger partial charge < -0.3 is 14.4 Å². The van der Waals surface area contributed by atoms with Crippen LogP contribution in [0.5, 0.6) is 0 Å². The number of rotatable bonds is 4. The van der Waals surface area contributed by atoms with Crippen molar-refractivity contribution in [3.8, 4) is 11.1 Å². The lowest BCUT2D eigenvalue weighted by Gasteiger charge is -2.42. The molecule has 3 aromatic rings. The molecule has 0 saturated carbocycles. The molecule has 0 fully saturated rings. The molecule has 0 N–H and O–H groups in total. The largest absolute Gasteiger partial charge is 0.366 e. The van der Waals surface area contributed by atoms with Crippen molar-refractivity contribution in [3.05, 3.63) is 60.7 Å². The second-order valence-electron chi connectivity index (χ2n) is 7.98. The molecule has 1 aromatic heterocycles. The van der Waals surface area contributed by atoms with E-state index in [1.807, 2.05) is 25.2 Å². The van der Waals surface area contributed by atoms with Crippen LogP contribution in [0, 0.1) is 0 Å². The second-order valence-corrected chi connectivity index (χ2v) is 9.99. The van der Waals surface area contributed by atoms with Gasteiger partial charge in [-0.25, -0.2) is 13.4 Å². The van der Waals surface area contributed by atoms with E-state index in [0.717, 1.165) is 29.0 Å². The topological polar surface area (TPSA) is 75.5 Å². The summed E-state index contributed by atoms with van der Waals surface area (Å²) < 4.78 is 25.3. The number of sulfone groups is 1. The summed E-state index contributed by atoms with van der Waals surface area (Å²) in [5.74, 6) is -0.131. The zero-order chi connectivity index (χ0) is 22.3. The number of fused-ring (bicyclic) bond motifs is 1. The Morgan fingerprint density at radius 1 is 1.10 bits per heavy atom. The van der Waals surface area contributed by atoms with Gasteiger partial charge in [0.05, 0.1) is 22.6 Å². The predicted molar refractivity (Wildman–Crippen MR) is 122 cm³/mol. The molecular formula is C23H26N4O3S. The van der Waals surface area contributed by atoms with Crippen LogP contribution < -0.4 is 9.80 Å². The van der Waals surface area contributed by atoms with Crippen molar-refractivity contribution >= 4 is 27.1 Å². The molecule has 1 aliphatic rings. The summed E-state index contributed by atoms with van der Waals surface area (Å²) in [6, 6.07) is 13.0. The molecule has 1 atom stereocenters. The molecule has 0 bridgehead atoms. The van der Waals surface area contributed by atoms with Crippen LogP contribution in [0.2, 0.25) is 0 Å². The number of aryl methyl sites for hydroxylation is 1. The summed E-state index contributed by atoms with van der Waals surface area (Å²) in [6.45, 7) is 5.62. The lowest BCUT2D eigenvalue weighted by molar-refractivity contribution is 0.0979. The molecular weight excluding hydrogens is 412 g/mol. The molecule has 1 amide bonds. The van der Waals surface area contributed by atoms with Gasteiger partial charge in [0.2, 0.25) is 0 Å². The normalized spacial score (nSPS) is 16.3. The van der Waals surface area contributed by atoms with Crippen molar-refractivity contribution in [2.45, 2.75) is 24.8 Å². The number of imidazole rings is 1. The highest BCUT2D eigenvalue weighted by Gasteiger charge is 2.32. The van der Waals surface area contributed by atoms with Gasteiger partial charge in [-0.15, -0.1) is 0 Å². The highest BCUT2D eigenvalue weighted by molar-refractivity contribution is 7.90. The van der Waals surface area contributed by atoms with Gasteiger partial charge in [0.1, 0.15) is 5.69 Å². The Bertz CT molecular complexity index is 1230. The van der Waals surface area contributed by atoms with Gasteiger partial charge in [-0.3, -0.25) is 4.79 Å². The number of amides is 1. The van der Waals surface area contributed by atoms with Crippen molar-refractivity contribution in [2.24, 2.45) is 7.05 Å². The Kier molecular flexibility index (Phi) is 5.35. The van der Waals surface area contributed by atoms with Crippen LogP contribution in [0.1, 0.15) is 24.3 Å². The number of hydrogen-bond donors (Lipinski definition) is 0. The van der Waals surface area contributed by atoms with E-state index in [1.54, 1.807) is 46.3 Å². The van der Waals surface area contributed by atoms with Crippen LogP contribution in [0.4, 0.5) is 11.4 Å². The quantitative estimate of drug-likeness (QED) is 0.624. The van der Waals surface area contributed by atoms with Crippen LogP contribution in [0.3, 0.4) is 0 Å². The molecule has 31 heavy (non-hydrogen) atoms. The molecule has 162 valence electrons. The van der Waals surface area contributed by atoms with E-state index < -0.39 is 9.84 Å². The molecule has 0 aliphatic carbocycles. The Hall–Kier alpha value is -3.13. The van der Waals surface area contributed by atoms with Crippen LogP contribution in [-0.2, 0) is 16.9 Å². The summed E-state index contributed by atoms with van der Waals surface area (Å²) in [6.07, 6.45) is 4.55. The van der Waals surface area contributed by atoms with E-state index in [0.29, 0.717) is 12.2 Å². The van der Waals surface area contributed by atoms with E-state index in [9.17, 15) is 13.2 Å². The second kappa shape index (κ2) is 7.85. The van der Waals surface area contributed by atoms with Crippen LogP contribution in [0.15, 0.2) is 59.9 Å². The van der Waals surface area contributed by atoms with Crippen molar-refractivity contribution in [1.82, 2.24) is 9.55 Å². The monoisotopic (exact) mass is 438 g/mol. The van der Waals surface area contributed by atoms with Crippen LogP contribution in [-0.4, -0.2) is 49.3 Å². The summed E-state index contributed by atoms with van der Waals surface area (Å²) in [7, 11) is -1.41. The van der Waals surface area contributed by atoms with Gasteiger partial charge in [0.25, 0.3) is 5.91 Å². The number of carbonyl (C=O) groups excluding carboxylic acids is 1. The summed E-state index contributed by atoms with van der Waals surface area (Å²) >= 11 is 0. The number of nitrogens with zero attached hydrogens (tertiary/aromatic N) is 4. The molecule has 1 aliphatic heterocycles. The summed E-state index contributed by atoms with van der Waals surface area (Å²) in [5, 5.41) is 0. The van der Waals surface area contributed by atoms with Gasteiger partial charge in [-0.1, -0.05) is 18.2 Å². The summed E-state index contributed by atoms with van der Waals surface area (Å²) in [4.78, 5) is 21.9. The standard InChI is InChI=1S/C23H26N4O3S/c1-5-26-16(2)13-27(23(28)20-14-25(3)15-24-20)22-12-18(8-11-21(22)26)17-6-9-19(10-7-17)31(4,29)30/h6-12,14-16H,5,13H2,1-4H3/t16-/m0/s1. The van der Waals surface area contributed by atoms with Crippen molar-refractivity contribution in [2.75, 3.05) is 29.1 Å². The lowest BCUT2D eigenvalue weighted by Crippen LogP contribution is -2.49. The van der Waals surface area contributed by atoms with Crippen molar-refractivity contribution in [3.63, 3.8) is 0 Å². The first-order valence-electron chi connectivity index (χ1n) is 10.2. The molecule has 0 saturated heterocycles. The number of aromatic nitrogens is 2. The van der Waals surface area contributed by atoms with E-state index in [1.165, 1.54) is 6.26 Å². The SMILES string of the molecule is CCN1c2ccc(-c3ccc(S(C)(=O)=O)cc3)cc2N(C(=O)c2cn(C)cn2)C[C@@H]1C. The minimum atomic E-state index is -3.25. The summed E-state index contributed by atoms with van der Waals surface area (Å²) in [5.41, 5.74) is 4.06. The number of benzene rings is 2. The highest BCUT2D eigenvalue weighted by atomic mass is 32.2. The van der Waals surface area contributed by atoms with Crippen LogP contribution >= 0.6 is 0 Å². The van der Waals surface area contributed by atoms with Crippen LogP contribution in [0.25, 0.3) is 11.1 Å². The number of hydrogen-bond acceptors (Lipinski definition) is 5. The average Bonchev–Trinajstić information content (AvgIpc) is 3.18. The third kappa shape index (κ3) is 3.95. The fraction of sp³-hybridized carbons (Fsp3) is 0.304. The van der Waals surface area contributed by atoms with E-state index in [2.05, 4.69) is 23.7 Å². The Morgan fingerprint density at radius 2 is 1.77 bits per heavy atom. The van der Waals surface area contributed by atoms with Crippen molar-refractivity contribution in [1.29, 1.82) is 0 Å². The zero-order valence-corrected chi connectivity index (χ0v) is 18.9. The maximum absolute atomic E-state index is 13.3. The van der Waals surface area contributed by atoms with Gasteiger partial charge in [0.15, 0.2) is 9.84 Å². The molecule has 8 heteroatoms. The lowest BCUT2D eigenvalue weighted by atomic mass is 10.0. The van der Waals surface area contributed by atoms with Gasteiger partial charge in [-0.2, -0.15) is 0 Å². The predicted octanol–water partition coefficient (Wildman–Crippen LogP) is 3.37. The van der Waals surface area contributed by atoms with Gasteiger partial charge >= 0.3 is 0 Å². The molecule has 0 spiro atoms. The van der Waals surface area contributed by atoms with Gasteiger partial charge in [0, 0.05) is 38.6 Å². The fourth-order valence-corrected chi connectivity index (χ4v) is 4.72. The molecule has 2 heterocycles. The Morgan fingerprint density at radius 3 is 2.35 bits per heavy atom. The number of carbonyl (C=O) groups is 1. The first kappa shape index (κ1) is 21.1. The maximum Gasteiger partial charge on any atom is 0.278 e. The first-order chi connectivity index (χ1) is 14.7. The zero-order valence-electron chi connectivity index (χ0n) is 18.1. The third-order valence-electron chi connectivity index (χ3n) is 5.68. The smallest absolute Gasteiger partial charge is 0.278 e. The molecule has 2 aromatic carbocycles. The Labute approximate surface area is 182 Å². The Balaban J connectivity index is 1.78. The fourth-order valence-electron chi connectivity index (χ4n) is 4.09. The van der Waals surface area contributed by atoms with Gasteiger partial charge in [-0.05, 0) is 49.2 Å². The minimum Gasteiger partial charge on any atom is -0.366 e. The maximum atomic E-state index is 13.3. The molecule has 7 nitrogen and oxygen atoms in total. The molecule has 0 radical (unpaired) electrons.